The molecule has 0 aliphatic rings. The van der Waals surface area contributed by atoms with Crippen LogP contribution >= 0.6 is 0 Å². The van der Waals surface area contributed by atoms with Gasteiger partial charge in [-0.1, -0.05) is 12.1 Å². The van der Waals surface area contributed by atoms with Crippen molar-refractivity contribution in [2.24, 2.45) is 0 Å². The lowest BCUT2D eigenvalue weighted by atomic mass is 10.2. The van der Waals surface area contributed by atoms with Gasteiger partial charge in [0.2, 0.25) is 0 Å². The van der Waals surface area contributed by atoms with Gasteiger partial charge in [0.1, 0.15) is 5.75 Å². The second kappa shape index (κ2) is 6.20. The maximum atomic E-state index is 9.40. The molecule has 0 aliphatic heterocycles. The van der Waals surface area contributed by atoms with Crippen molar-refractivity contribution >= 4 is 0 Å². The third kappa shape index (κ3) is 3.45. The molecule has 2 rings (SSSR count). The standard InChI is InChI=1S/C15H17NO3/c1-3-18-14-6-4-5-7-15(14)19-12-8-9-13(11(2)17)16-10-12/h4-11,17H,3H2,1-2H3/t11-/m0/s1. The second-order valence-corrected chi connectivity index (χ2v) is 4.08. The molecule has 0 saturated carbocycles. The predicted molar refractivity (Wildman–Crippen MR) is 72.6 cm³/mol. The van der Waals surface area contributed by atoms with E-state index in [9.17, 15) is 5.11 Å². The first kappa shape index (κ1) is 13.4. The first-order chi connectivity index (χ1) is 9.20. The van der Waals surface area contributed by atoms with Crippen molar-refractivity contribution in [3.05, 3.63) is 48.3 Å². The fourth-order valence-electron chi connectivity index (χ4n) is 1.64. The van der Waals surface area contributed by atoms with Crippen LogP contribution in [0.25, 0.3) is 0 Å². The minimum absolute atomic E-state index is 0.579. The summed E-state index contributed by atoms with van der Waals surface area (Å²) >= 11 is 0. The maximum Gasteiger partial charge on any atom is 0.169 e. The summed E-state index contributed by atoms with van der Waals surface area (Å²) in [7, 11) is 0. The van der Waals surface area contributed by atoms with Gasteiger partial charge in [0.25, 0.3) is 0 Å². The van der Waals surface area contributed by atoms with Gasteiger partial charge in [-0.15, -0.1) is 0 Å². The van der Waals surface area contributed by atoms with Gasteiger partial charge in [-0.05, 0) is 38.1 Å². The maximum absolute atomic E-state index is 9.40. The van der Waals surface area contributed by atoms with Crippen LogP contribution in [-0.2, 0) is 0 Å². The Bertz CT molecular complexity index is 523. The summed E-state index contributed by atoms with van der Waals surface area (Å²) in [5.41, 5.74) is 0.616. The highest BCUT2D eigenvalue weighted by atomic mass is 16.5. The number of ether oxygens (including phenoxy) is 2. The summed E-state index contributed by atoms with van der Waals surface area (Å²) in [5, 5.41) is 9.40. The summed E-state index contributed by atoms with van der Waals surface area (Å²) in [5.74, 6) is 1.96. The third-order valence-electron chi connectivity index (χ3n) is 2.56. The topological polar surface area (TPSA) is 51.6 Å². The van der Waals surface area contributed by atoms with Crippen LogP contribution < -0.4 is 9.47 Å². The Morgan fingerprint density at radius 3 is 2.47 bits per heavy atom. The van der Waals surface area contributed by atoms with E-state index in [0.717, 1.165) is 0 Å². The molecule has 2 aromatic rings. The van der Waals surface area contributed by atoms with Crippen LogP contribution in [0.5, 0.6) is 17.2 Å². The first-order valence-electron chi connectivity index (χ1n) is 6.24. The fourth-order valence-corrected chi connectivity index (χ4v) is 1.64. The Balaban J connectivity index is 2.16. The zero-order chi connectivity index (χ0) is 13.7. The van der Waals surface area contributed by atoms with Crippen molar-refractivity contribution in [3.63, 3.8) is 0 Å². The molecule has 0 spiro atoms. The SMILES string of the molecule is CCOc1ccccc1Oc1ccc([C@H](C)O)nc1. The van der Waals surface area contributed by atoms with E-state index in [1.165, 1.54) is 0 Å². The van der Waals surface area contributed by atoms with Gasteiger partial charge >= 0.3 is 0 Å². The number of hydrogen-bond donors (Lipinski definition) is 1. The van der Waals surface area contributed by atoms with E-state index in [0.29, 0.717) is 29.5 Å². The Labute approximate surface area is 112 Å². The van der Waals surface area contributed by atoms with Gasteiger partial charge < -0.3 is 14.6 Å². The molecular formula is C15H17NO3. The van der Waals surface area contributed by atoms with E-state index in [-0.39, 0.29) is 0 Å². The van der Waals surface area contributed by atoms with E-state index in [1.807, 2.05) is 31.2 Å². The van der Waals surface area contributed by atoms with Gasteiger partial charge in [0.15, 0.2) is 11.5 Å². The van der Waals surface area contributed by atoms with Crippen LogP contribution in [0.1, 0.15) is 25.6 Å². The van der Waals surface area contributed by atoms with E-state index >= 15 is 0 Å². The van der Waals surface area contributed by atoms with Crippen molar-refractivity contribution in [2.45, 2.75) is 20.0 Å². The highest BCUT2D eigenvalue weighted by molar-refractivity contribution is 5.42. The molecule has 1 atom stereocenters. The molecule has 1 heterocycles. The molecule has 0 amide bonds. The minimum atomic E-state index is -0.579. The molecule has 0 bridgehead atoms. The van der Waals surface area contributed by atoms with E-state index in [1.54, 1.807) is 25.3 Å². The average Bonchev–Trinajstić information content (AvgIpc) is 2.42. The largest absolute Gasteiger partial charge is 0.490 e. The molecule has 0 unspecified atom stereocenters. The summed E-state index contributed by atoms with van der Waals surface area (Å²) in [4.78, 5) is 4.13. The molecule has 100 valence electrons. The number of nitrogens with zero attached hydrogens (tertiary/aromatic N) is 1. The molecule has 1 aromatic carbocycles. The first-order valence-corrected chi connectivity index (χ1v) is 6.24. The second-order valence-electron chi connectivity index (χ2n) is 4.08. The minimum Gasteiger partial charge on any atom is -0.490 e. The van der Waals surface area contributed by atoms with E-state index < -0.39 is 6.10 Å². The van der Waals surface area contributed by atoms with Crippen LogP contribution in [0.3, 0.4) is 0 Å². The highest BCUT2D eigenvalue weighted by Crippen LogP contribution is 2.31. The van der Waals surface area contributed by atoms with E-state index in [2.05, 4.69) is 4.98 Å². The summed E-state index contributed by atoms with van der Waals surface area (Å²) in [6, 6.07) is 11.0. The summed E-state index contributed by atoms with van der Waals surface area (Å²) < 4.78 is 11.2. The Hall–Kier alpha value is -2.07. The quantitative estimate of drug-likeness (QED) is 0.894. The molecule has 0 saturated heterocycles. The predicted octanol–water partition coefficient (Wildman–Crippen LogP) is 3.33. The van der Waals surface area contributed by atoms with Crippen molar-refractivity contribution in [1.82, 2.24) is 4.98 Å². The van der Waals surface area contributed by atoms with Crippen LogP contribution in [-0.4, -0.2) is 16.7 Å². The molecule has 1 aromatic heterocycles. The zero-order valence-corrected chi connectivity index (χ0v) is 11.0. The highest BCUT2D eigenvalue weighted by Gasteiger charge is 2.06. The van der Waals surface area contributed by atoms with Crippen LogP contribution in [0, 0.1) is 0 Å². The average molecular weight is 259 g/mol. The molecule has 0 aliphatic carbocycles. The van der Waals surface area contributed by atoms with Gasteiger partial charge in [0, 0.05) is 0 Å². The molecule has 4 heteroatoms. The van der Waals surface area contributed by atoms with Gasteiger partial charge in [-0.25, -0.2) is 0 Å². The monoisotopic (exact) mass is 259 g/mol. The number of para-hydroxylation sites is 2. The van der Waals surface area contributed by atoms with Crippen LogP contribution in [0.15, 0.2) is 42.6 Å². The molecule has 19 heavy (non-hydrogen) atoms. The number of aliphatic hydroxyl groups excluding tert-OH is 1. The number of benzene rings is 1. The Morgan fingerprint density at radius 2 is 1.89 bits per heavy atom. The van der Waals surface area contributed by atoms with Crippen molar-refractivity contribution in [2.75, 3.05) is 6.61 Å². The van der Waals surface area contributed by atoms with Crippen molar-refractivity contribution < 1.29 is 14.6 Å². The smallest absolute Gasteiger partial charge is 0.169 e. The van der Waals surface area contributed by atoms with Crippen LogP contribution in [0.2, 0.25) is 0 Å². The Morgan fingerprint density at radius 1 is 1.16 bits per heavy atom. The lowest BCUT2D eigenvalue weighted by molar-refractivity contribution is 0.194. The van der Waals surface area contributed by atoms with Gasteiger partial charge in [0.05, 0.1) is 24.6 Å². The van der Waals surface area contributed by atoms with Gasteiger partial charge in [-0.2, -0.15) is 0 Å². The molecule has 0 fully saturated rings. The van der Waals surface area contributed by atoms with Crippen LogP contribution in [0.4, 0.5) is 0 Å². The lowest BCUT2D eigenvalue weighted by Gasteiger charge is -2.11. The van der Waals surface area contributed by atoms with Crippen molar-refractivity contribution in [3.8, 4) is 17.2 Å². The molecule has 0 radical (unpaired) electrons. The molecule has 1 N–H and O–H groups in total. The number of hydrogen-bond acceptors (Lipinski definition) is 4. The number of aliphatic hydroxyl groups is 1. The van der Waals surface area contributed by atoms with E-state index in [4.69, 9.17) is 9.47 Å². The van der Waals surface area contributed by atoms with Gasteiger partial charge in [-0.3, -0.25) is 4.98 Å². The zero-order valence-electron chi connectivity index (χ0n) is 11.0. The fraction of sp³-hybridized carbons (Fsp3) is 0.267. The molecule has 4 nitrogen and oxygen atoms in total. The number of aromatic nitrogens is 1. The normalized spacial score (nSPS) is 11.9. The number of rotatable bonds is 5. The lowest BCUT2D eigenvalue weighted by Crippen LogP contribution is -1.97. The summed E-state index contributed by atoms with van der Waals surface area (Å²) in [6.07, 6.45) is 1.01. The number of pyridine rings is 1. The Kier molecular flexibility index (Phi) is 4.36. The summed E-state index contributed by atoms with van der Waals surface area (Å²) in [6.45, 7) is 4.18. The molecular weight excluding hydrogens is 242 g/mol. The third-order valence-corrected chi connectivity index (χ3v) is 2.56. The van der Waals surface area contributed by atoms with Crippen molar-refractivity contribution in [1.29, 1.82) is 0 Å².